The van der Waals surface area contributed by atoms with Gasteiger partial charge < -0.3 is 10.2 Å². The number of amides is 2. The van der Waals surface area contributed by atoms with Crippen molar-refractivity contribution in [3.05, 3.63) is 33.7 Å². The summed E-state index contributed by atoms with van der Waals surface area (Å²) in [5.74, 6) is -0.610. The zero-order valence-corrected chi connectivity index (χ0v) is 17.0. The Bertz CT molecular complexity index is 795. The molecule has 0 spiro atoms. The van der Waals surface area contributed by atoms with Crippen LogP contribution in [0.25, 0.3) is 0 Å². The Morgan fingerprint density at radius 3 is 2.92 bits per heavy atom. The van der Waals surface area contributed by atoms with E-state index in [-0.39, 0.29) is 24.2 Å². The van der Waals surface area contributed by atoms with Crippen LogP contribution in [-0.4, -0.2) is 28.6 Å². The lowest BCUT2D eigenvalue weighted by molar-refractivity contribution is -0.122. The molecule has 0 radical (unpaired) electrons. The molecule has 1 atom stereocenters. The molecule has 1 aliphatic heterocycles. The van der Waals surface area contributed by atoms with E-state index in [9.17, 15) is 9.59 Å². The lowest BCUT2D eigenvalue weighted by atomic mass is 10.1. The van der Waals surface area contributed by atoms with Crippen LogP contribution in [0.2, 0.25) is 0 Å². The van der Waals surface area contributed by atoms with E-state index < -0.39 is 0 Å². The lowest BCUT2D eigenvalue weighted by Gasteiger charge is -2.18. The van der Waals surface area contributed by atoms with Crippen LogP contribution in [-0.2, 0) is 16.0 Å². The molecule has 138 valence electrons. The molecule has 0 aliphatic carbocycles. The smallest absolute Gasteiger partial charge is 0.231 e. The average Bonchev–Trinajstić information content (AvgIpc) is 3.22. The molecule has 26 heavy (non-hydrogen) atoms. The Kier molecular flexibility index (Phi) is 6.37. The summed E-state index contributed by atoms with van der Waals surface area (Å²) in [7, 11) is 0. The van der Waals surface area contributed by atoms with Crippen LogP contribution in [0.4, 0.5) is 10.8 Å². The Balaban J connectivity index is 1.59. The van der Waals surface area contributed by atoms with E-state index in [0.29, 0.717) is 11.7 Å². The van der Waals surface area contributed by atoms with Gasteiger partial charge in [-0.05, 0) is 34.5 Å². The maximum Gasteiger partial charge on any atom is 0.231 e. The zero-order chi connectivity index (χ0) is 18.5. The fourth-order valence-electron chi connectivity index (χ4n) is 2.93. The number of benzene rings is 1. The second kappa shape index (κ2) is 8.73. The number of hydrogen-bond acceptors (Lipinski definition) is 5. The summed E-state index contributed by atoms with van der Waals surface area (Å²) < 4.78 is 0.843. The fraction of sp³-hybridized carbons (Fsp3) is 0.444. The number of rotatable bonds is 7. The van der Waals surface area contributed by atoms with Gasteiger partial charge in [-0.25, -0.2) is 0 Å². The van der Waals surface area contributed by atoms with Crippen LogP contribution >= 0.6 is 27.3 Å². The molecule has 2 aromatic rings. The summed E-state index contributed by atoms with van der Waals surface area (Å²) in [5.41, 5.74) is 0.793. The van der Waals surface area contributed by atoms with Gasteiger partial charge in [-0.3, -0.25) is 9.59 Å². The van der Waals surface area contributed by atoms with Gasteiger partial charge in [0.2, 0.25) is 16.9 Å². The van der Waals surface area contributed by atoms with E-state index in [0.717, 1.165) is 40.9 Å². The molecule has 0 saturated carbocycles. The molecule has 3 rings (SSSR count). The number of nitrogens with zero attached hydrogens (tertiary/aromatic N) is 3. The van der Waals surface area contributed by atoms with Gasteiger partial charge in [0, 0.05) is 23.9 Å². The number of para-hydroxylation sites is 1. The van der Waals surface area contributed by atoms with E-state index in [1.807, 2.05) is 24.3 Å². The molecule has 1 saturated heterocycles. The van der Waals surface area contributed by atoms with Gasteiger partial charge in [-0.2, -0.15) is 0 Å². The number of hydrogen-bond donors (Lipinski definition) is 1. The number of carbonyl (C=O) groups excluding carboxylic acids is 2. The van der Waals surface area contributed by atoms with Crippen LogP contribution < -0.4 is 10.2 Å². The van der Waals surface area contributed by atoms with Gasteiger partial charge in [-0.15, -0.1) is 10.2 Å². The first-order valence-electron chi connectivity index (χ1n) is 8.76. The number of unbranched alkanes of at least 4 members (excludes halogenated alkanes) is 2. The summed E-state index contributed by atoms with van der Waals surface area (Å²) in [6.07, 6.45) is 4.49. The van der Waals surface area contributed by atoms with Crippen LogP contribution in [0, 0.1) is 5.92 Å². The first kappa shape index (κ1) is 19.0. The van der Waals surface area contributed by atoms with Crippen molar-refractivity contribution in [2.75, 3.05) is 16.8 Å². The van der Waals surface area contributed by atoms with Crippen molar-refractivity contribution in [2.45, 2.75) is 39.0 Å². The molecule has 8 heteroatoms. The Hall–Kier alpha value is -1.80. The van der Waals surface area contributed by atoms with Crippen LogP contribution in [0.3, 0.4) is 0 Å². The minimum atomic E-state index is -0.387. The van der Waals surface area contributed by atoms with E-state index in [1.54, 1.807) is 4.90 Å². The number of anilines is 2. The summed E-state index contributed by atoms with van der Waals surface area (Å²) in [6, 6.07) is 7.53. The molecule has 1 unspecified atom stereocenters. The molecule has 1 aliphatic rings. The minimum absolute atomic E-state index is 0.0467. The van der Waals surface area contributed by atoms with Crippen molar-refractivity contribution in [1.82, 2.24) is 10.2 Å². The summed E-state index contributed by atoms with van der Waals surface area (Å²) in [4.78, 5) is 26.5. The Morgan fingerprint density at radius 1 is 1.35 bits per heavy atom. The highest BCUT2D eigenvalue weighted by Crippen LogP contribution is 2.31. The third-order valence-corrected chi connectivity index (χ3v) is 5.90. The number of nitrogens with one attached hydrogen (secondary N) is 1. The van der Waals surface area contributed by atoms with Gasteiger partial charge >= 0.3 is 0 Å². The van der Waals surface area contributed by atoms with Crippen LogP contribution in [0.15, 0.2) is 28.7 Å². The molecule has 1 aromatic heterocycles. The Morgan fingerprint density at radius 2 is 2.15 bits per heavy atom. The molecular formula is C18H21BrN4O2S. The van der Waals surface area contributed by atoms with E-state index in [1.165, 1.54) is 11.3 Å². The summed E-state index contributed by atoms with van der Waals surface area (Å²) in [6.45, 7) is 2.53. The number of aromatic nitrogens is 2. The van der Waals surface area contributed by atoms with Crippen molar-refractivity contribution in [1.29, 1.82) is 0 Å². The van der Waals surface area contributed by atoms with Gasteiger partial charge in [0.05, 0.1) is 11.6 Å². The van der Waals surface area contributed by atoms with Crippen molar-refractivity contribution in [3.8, 4) is 0 Å². The topological polar surface area (TPSA) is 75.2 Å². The highest BCUT2D eigenvalue weighted by molar-refractivity contribution is 9.10. The van der Waals surface area contributed by atoms with E-state index in [4.69, 9.17) is 0 Å². The summed E-state index contributed by atoms with van der Waals surface area (Å²) >= 11 is 4.87. The first-order chi connectivity index (χ1) is 12.6. The molecule has 1 fully saturated rings. The largest absolute Gasteiger partial charge is 0.310 e. The molecule has 0 bridgehead atoms. The van der Waals surface area contributed by atoms with Crippen LogP contribution in [0.1, 0.15) is 37.6 Å². The maximum absolute atomic E-state index is 12.5. The molecule has 1 aromatic carbocycles. The highest BCUT2D eigenvalue weighted by atomic mass is 79.9. The third kappa shape index (κ3) is 4.48. The number of carbonyl (C=O) groups is 2. The highest BCUT2D eigenvalue weighted by Gasteiger charge is 2.36. The maximum atomic E-state index is 12.5. The van der Waals surface area contributed by atoms with Crippen molar-refractivity contribution < 1.29 is 9.59 Å². The molecular weight excluding hydrogens is 416 g/mol. The van der Waals surface area contributed by atoms with E-state index in [2.05, 4.69) is 38.4 Å². The van der Waals surface area contributed by atoms with Crippen LogP contribution in [0.5, 0.6) is 0 Å². The molecule has 2 heterocycles. The molecule has 6 nitrogen and oxygen atoms in total. The third-order valence-electron chi connectivity index (χ3n) is 4.33. The average molecular weight is 437 g/mol. The standard InChI is InChI=1S/C18H21BrN4O2S/c1-2-3-4-9-15-21-22-18(26-15)20-17(25)12-10-16(24)23(11-12)14-8-6-5-7-13(14)19/h5-8,12H,2-4,9-11H2,1H3,(H,20,22,25). The predicted octanol–water partition coefficient (Wildman–Crippen LogP) is 4.02. The molecule has 1 N–H and O–H groups in total. The van der Waals surface area contributed by atoms with Crippen molar-refractivity contribution in [3.63, 3.8) is 0 Å². The second-order valence-corrected chi connectivity index (χ2v) is 8.22. The zero-order valence-electron chi connectivity index (χ0n) is 14.6. The predicted molar refractivity (Wildman–Crippen MR) is 106 cm³/mol. The van der Waals surface area contributed by atoms with Gasteiger partial charge in [0.15, 0.2) is 0 Å². The van der Waals surface area contributed by atoms with Crippen molar-refractivity contribution in [2.24, 2.45) is 5.92 Å². The number of aryl methyl sites for hydroxylation is 1. The summed E-state index contributed by atoms with van der Waals surface area (Å²) in [5, 5.41) is 12.4. The first-order valence-corrected chi connectivity index (χ1v) is 10.4. The van der Waals surface area contributed by atoms with Crippen molar-refractivity contribution >= 4 is 49.9 Å². The second-order valence-electron chi connectivity index (χ2n) is 6.30. The Labute approximate surface area is 165 Å². The quantitative estimate of drug-likeness (QED) is 0.664. The normalized spacial score (nSPS) is 16.9. The fourth-order valence-corrected chi connectivity index (χ4v) is 4.21. The van der Waals surface area contributed by atoms with Gasteiger partial charge in [-0.1, -0.05) is 43.2 Å². The van der Waals surface area contributed by atoms with E-state index >= 15 is 0 Å². The van der Waals surface area contributed by atoms with Gasteiger partial charge in [0.25, 0.3) is 0 Å². The number of halogens is 1. The molecule has 2 amide bonds. The minimum Gasteiger partial charge on any atom is -0.310 e. The van der Waals surface area contributed by atoms with Gasteiger partial charge in [0.1, 0.15) is 5.01 Å². The lowest BCUT2D eigenvalue weighted by Crippen LogP contribution is -2.28. The SMILES string of the molecule is CCCCCc1nnc(NC(=O)C2CC(=O)N(c3ccccc3Br)C2)s1. The monoisotopic (exact) mass is 436 g/mol.